The highest BCUT2D eigenvalue weighted by Crippen LogP contribution is 2.41. The molecule has 150 valence electrons. The summed E-state index contributed by atoms with van der Waals surface area (Å²) in [4.78, 5) is 18.0. The molecule has 2 aliphatic rings. The van der Waals surface area contributed by atoms with Crippen molar-refractivity contribution in [1.82, 2.24) is 9.91 Å². The Morgan fingerprint density at radius 2 is 1.86 bits per heavy atom. The van der Waals surface area contributed by atoms with E-state index in [1.165, 1.54) is 18.2 Å². The van der Waals surface area contributed by atoms with Crippen LogP contribution >= 0.6 is 11.6 Å². The van der Waals surface area contributed by atoms with Crippen LogP contribution in [0.4, 0.5) is 20.2 Å². The Labute approximate surface area is 172 Å². The number of carbonyl (C=O) groups excluding carboxylic acids is 1. The number of halogens is 3. The van der Waals surface area contributed by atoms with Gasteiger partial charge in [0, 0.05) is 49.6 Å². The minimum Gasteiger partial charge on any atom is -0.336 e. The predicted octanol–water partition coefficient (Wildman–Crippen LogP) is 4.05. The summed E-state index contributed by atoms with van der Waals surface area (Å²) in [7, 11) is 0. The summed E-state index contributed by atoms with van der Waals surface area (Å²) in [5.41, 5.74) is 2.16. The second kappa shape index (κ2) is 7.93. The summed E-state index contributed by atoms with van der Waals surface area (Å²) in [6, 6.07) is 6.89. The van der Waals surface area contributed by atoms with Crippen LogP contribution in [0.5, 0.6) is 0 Å². The van der Waals surface area contributed by atoms with Gasteiger partial charge in [0.2, 0.25) is 5.91 Å². The number of hydrogen-bond donors (Lipinski definition) is 0. The third-order valence-corrected chi connectivity index (χ3v) is 5.45. The Morgan fingerprint density at radius 1 is 1.10 bits per heavy atom. The molecule has 0 radical (unpaired) electrons. The van der Waals surface area contributed by atoms with Crippen molar-refractivity contribution in [1.29, 1.82) is 0 Å². The number of hydrazine groups is 1. The Balaban J connectivity index is 1.62. The lowest BCUT2D eigenvalue weighted by molar-refractivity contribution is -0.127. The molecule has 0 bridgehead atoms. The summed E-state index contributed by atoms with van der Waals surface area (Å²) >= 11 is 6.47. The van der Waals surface area contributed by atoms with E-state index in [0.29, 0.717) is 49.0 Å². The van der Waals surface area contributed by atoms with Gasteiger partial charge in [-0.05, 0) is 30.3 Å². The average molecular weight is 417 g/mol. The van der Waals surface area contributed by atoms with E-state index in [4.69, 9.17) is 11.6 Å². The lowest BCUT2D eigenvalue weighted by atomic mass is 10.0. The van der Waals surface area contributed by atoms with Crippen LogP contribution in [0.3, 0.4) is 0 Å². The average Bonchev–Trinajstić information content (AvgIpc) is 2.73. The Hall–Kier alpha value is -2.77. The topological polar surface area (TPSA) is 39.2 Å². The van der Waals surface area contributed by atoms with Crippen LogP contribution in [0.2, 0.25) is 5.02 Å². The molecular weight excluding hydrogens is 398 g/mol. The fourth-order valence-electron chi connectivity index (χ4n) is 3.65. The van der Waals surface area contributed by atoms with Crippen molar-refractivity contribution < 1.29 is 13.6 Å². The highest BCUT2D eigenvalue weighted by molar-refractivity contribution is 6.34. The van der Waals surface area contributed by atoms with E-state index in [1.807, 2.05) is 0 Å². The summed E-state index contributed by atoms with van der Waals surface area (Å²) in [5, 5.41) is 4.57. The highest BCUT2D eigenvalue weighted by Gasteiger charge is 2.27. The SMILES string of the molecule is C=CC(=O)N1CCN(N2CC=Nc3cc(-c4ccc(F)cc4F)c(Cl)cc32)CC1. The molecule has 0 unspecified atom stereocenters. The number of amides is 1. The van der Waals surface area contributed by atoms with Crippen LogP contribution < -0.4 is 5.01 Å². The minimum absolute atomic E-state index is 0.0701. The number of piperazine rings is 1. The fourth-order valence-corrected chi connectivity index (χ4v) is 3.90. The smallest absolute Gasteiger partial charge is 0.246 e. The van der Waals surface area contributed by atoms with Gasteiger partial charge in [0.15, 0.2) is 0 Å². The van der Waals surface area contributed by atoms with Gasteiger partial charge in [-0.15, -0.1) is 0 Å². The molecule has 1 saturated heterocycles. The maximum atomic E-state index is 14.3. The Morgan fingerprint density at radius 3 is 2.55 bits per heavy atom. The van der Waals surface area contributed by atoms with Gasteiger partial charge < -0.3 is 4.90 Å². The zero-order chi connectivity index (χ0) is 20.5. The molecule has 2 aliphatic heterocycles. The number of anilines is 1. The summed E-state index contributed by atoms with van der Waals surface area (Å²) in [5.74, 6) is -1.38. The second-order valence-corrected chi connectivity index (χ2v) is 7.23. The quantitative estimate of drug-likeness (QED) is 0.708. The zero-order valence-corrected chi connectivity index (χ0v) is 16.4. The highest BCUT2D eigenvalue weighted by atomic mass is 35.5. The van der Waals surface area contributed by atoms with Gasteiger partial charge in [0.1, 0.15) is 11.6 Å². The number of benzene rings is 2. The predicted molar refractivity (Wildman–Crippen MR) is 111 cm³/mol. The third kappa shape index (κ3) is 3.75. The van der Waals surface area contributed by atoms with Gasteiger partial charge in [0.05, 0.1) is 22.9 Å². The molecule has 0 aliphatic carbocycles. The first-order valence-corrected chi connectivity index (χ1v) is 9.61. The van der Waals surface area contributed by atoms with E-state index in [0.717, 1.165) is 11.8 Å². The molecule has 29 heavy (non-hydrogen) atoms. The van der Waals surface area contributed by atoms with Gasteiger partial charge in [-0.3, -0.25) is 14.8 Å². The van der Waals surface area contributed by atoms with Crippen molar-refractivity contribution in [2.45, 2.75) is 0 Å². The number of carbonyl (C=O) groups is 1. The van der Waals surface area contributed by atoms with Crippen molar-refractivity contribution in [3.63, 3.8) is 0 Å². The molecule has 2 heterocycles. The maximum absolute atomic E-state index is 14.3. The monoisotopic (exact) mass is 416 g/mol. The van der Waals surface area contributed by atoms with E-state index in [-0.39, 0.29) is 11.5 Å². The zero-order valence-electron chi connectivity index (χ0n) is 15.6. The van der Waals surface area contributed by atoms with Crippen LogP contribution in [0, 0.1) is 11.6 Å². The van der Waals surface area contributed by atoms with Crippen molar-refractivity contribution >= 4 is 35.1 Å². The molecule has 5 nitrogen and oxygen atoms in total. The molecule has 2 aromatic rings. The summed E-state index contributed by atoms with van der Waals surface area (Å²) in [6.45, 7) is 6.63. The van der Waals surface area contributed by atoms with Gasteiger partial charge in [-0.25, -0.2) is 13.8 Å². The standard InChI is InChI=1S/C21H19ClF2N4O/c1-2-21(29)26-7-9-27(10-8-26)28-6-5-25-19-12-16(17(22)13-20(19)28)15-4-3-14(23)11-18(15)24/h2-5,11-13H,1,6-10H2. The molecule has 0 atom stereocenters. The summed E-state index contributed by atoms with van der Waals surface area (Å²) < 4.78 is 27.5. The van der Waals surface area contributed by atoms with Gasteiger partial charge in [0.25, 0.3) is 0 Å². The number of fused-ring (bicyclic) bond motifs is 1. The number of rotatable bonds is 3. The molecule has 4 rings (SSSR count). The van der Waals surface area contributed by atoms with Crippen LogP contribution in [-0.4, -0.2) is 54.8 Å². The van der Waals surface area contributed by atoms with Crippen LogP contribution in [0.25, 0.3) is 11.1 Å². The van der Waals surface area contributed by atoms with Gasteiger partial charge in [-0.1, -0.05) is 18.2 Å². The first-order chi connectivity index (χ1) is 14.0. The minimum atomic E-state index is -0.675. The van der Waals surface area contributed by atoms with Crippen molar-refractivity contribution in [3.05, 3.63) is 59.6 Å². The molecule has 0 aromatic heterocycles. The van der Waals surface area contributed by atoms with Crippen LogP contribution in [0.15, 0.2) is 48.0 Å². The first-order valence-electron chi connectivity index (χ1n) is 9.23. The number of nitrogens with zero attached hydrogens (tertiary/aromatic N) is 4. The first kappa shape index (κ1) is 19.5. The summed E-state index contributed by atoms with van der Waals surface area (Å²) in [6.07, 6.45) is 3.11. The lowest BCUT2D eigenvalue weighted by Gasteiger charge is -2.42. The van der Waals surface area contributed by atoms with Gasteiger partial charge in [-0.2, -0.15) is 0 Å². The van der Waals surface area contributed by atoms with Crippen LogP contribution in [0.1, 0.15) is 0 Å². The molecule has 2 aromatic carbocycles. The Bertz CT molecular complexity index is 1000. The molecule has 0 spiro atoms. The van der Waals surface area contributed by atoms with Crippen LogP contribution in [-0.2, 0) is 4.79 Å². The largest absolute Gasteiger partial charge is 0.336 e. The van der Waals surface area contributed by atoms with Crippen molar-refractivity contribution in [2.75, 3.05) is 37.7 Å². The molecular formula is C21H19ClF2N4O. The van der Waals surface area contributed by atoms with E-state index in [9.17, 15) is 13.6 Å². The fraction of sp³-hybridized carbons (Fsp3) is 0.238. The molecule has 8 heteroatoms. The molecule has 0 N–H and O–H groups in total. The van der Waals surface area contributed by atoms with E-state index >= 15 is 0 Å². The van der Waals surface area contributed by atoms with E-state index in [1.54, 1.807) is 23.2 Å². The van der Waals surface area contributed by atoms with E-state index in [2.05, 4.69) is 21.6 Å². The van der Waals surface area contributed by atoms with Crippen molar-refractivity contribution in [2.24, 2.45) is 4.99 Å². The molecule has 1 amide bonds. The molecule has 0 saturated carbocycles. The van der Waals surface area contributed by atoms with E-state index < -0.39 is 11.6 Å². The van der Waals surface area contributed by atoms with Crippen molar-refractivity contribution in [3.8, 4) is 11.1 Å². The second-order valence-electron chi connectivity index (χ2n) is 6.82. The Kier molecular flexibility index (Phi) is 5.34. The van der Waals surface area contributed by atoms with Gasteiger partial charge >= 0.3 is 0 Å². The molecule has 1 fully saturated rings. The number of hydrogen-bond acceptors (Lipinski definition) is 4. The maximum Gasteiger partial charge on any atom is 0.246 e. The third-order valence-electron chi connectivity index (χ3n) is 5.13. The number of aliphatic imine (C=N–C) groups is 1. The lowest BCUT2D eigenvalue weighted by Crippen LogP contribution is -2.55. The normalized spacial score (nSPS) is 16.7.